The van der Waals surface area contributed by atoms with Gasteiger partial charge < -0.3 is 15.3 Å². The normalized spacial score (nSPS) is 16.5. The quantitative estimate of drug-likeness (QED) is 0.821. The second kappa shape index (κ2) is 7.89. The summed E-state index contributed by atoms with van der Waals surface area (Å²) in [4.78, 5) is 16.8. The van der Waals surface area contributed by atoms with Crippen LogP contribution in [0.4, 0.5) is 11.4 Å². The van der Waals surface area contributed by atoms with Crippen molar-refractivity contribution in [2.45, 2.75) is 13.0 Å². The maximum atomic E-state index is 12.5. The zero-order valence-corrected chi connectivity index (χ0v) is 15.7. The molecule has 5 nitrogen and oxygen atoms in total. The van der Waals surface area contributed by atoms with E-state index in [2.05, 4.69) is 31.0 Å². The minimum Gasteiger partial charge on any atom is -0.506 e. The summed E-state index contributed by atoms with van der Waals surface area (Å²) in [5.41, 5.74) is 1.65. The number of carbonyl (C=O) groups is 1. The third-order valence-electron chi connectivity index (χ3n) is 4.56. The molecule has 2 N–H and O–H groups in total. The van der Waals surface area contributed by atoms with E-state index in [0.29, 0.717) is 5.75 Å². The largest absolute Gasteiger partial charge is 0.506 e. The number of hydrogen-bond acceptors (Lipinski definition) is 4. The van der Waals surface area contributed by atoms with Crippen molar-refractivity contribution in [3.05, 3.63) is 53.0 Å². The number of amides is 1. The van der Waals surface area contributed by atoms with Crippen molar-refractivity contribution in [3.8, 4) is 5.75 Å². The monoisotopic (exact) mass is 403 g/mol. The molecule has 1 fully saturated rings. The van der Waals surface area contributed by atoms with Crippen molar-refractivity contribution in [2.75, 3.05) is 36.4 Å². The molecule has 1 amide bonds. The zero-order chi connectivity index (χ0) is 17.8. The Morgan fingerprint density at radius 3 is 2.52 bits per heavy atom. The van der Waals surface area contributed by atoms with E-state index in [1.165, 1.54) is 0 Å². The zero-order valence-electron chi connectivity index (χ0n) is 14.2. The Hall–Kier alpha value is -2.05. The number of phenols is 1. The van der Waals surface area contributed by atoms with Crippen molar-refractivity contribution in [2.24, 2.45) is 0 Å². The summed E-state index contributed by atoms with van der Waals surface area (Å²) in [7, 11) is 0. The van der Waals surface area contributed by atoms with Gasteiger partial charge in [-0.05, 0) is 37.3 Å². The van der Waals surface area contributed by atoms with E-state index in [9.17, 15) is 9.90 Å². The molecular weight excluding hydrogens is 382 g/mol. The van der Waals surface area contributed by atoms with Gasteiger partial charge in [-0.2, -0.15) is 0 Å². The van der Waals surface area contributed by atoms with Gasteiger partial charge in [0.15, 0.2) is 0 Å². The lowest BCUT2D eigenvalue weighted by Gasteiger charge is -2.38. The molecule has 0 aliphatic carbocycles. The number of anilines is 2. The molecule has 6 heteroatoms. The number of hydrogen-bond donors (Lipinski definition) is 2. The van der Waals surface area contributed by atoms with Crippen LogP contribution in [-0.2, 0) is 4.79 Å². The Morgan fingerprint density at radius 1 is 1.12 bits per heavy atom. The summed E-state index contributed by atoms with van der Waals surface area (Å²) in [6.45, 7) is 5.06. The van der Waals surface area contributed by atoms with Crippen molar-refractivity contribution in [1.82, 2.24) is 4.90 Å². The van der Waals surface area contributed by atoms with Gasteiger partial charge >= 0.3 is 0 Å². The summed E-state index contributed by atoms with van der Waals surface area (Å²) >= 11 is 3.41. The van der Waals surface area contributed by atoms with E-state index in [0.717, 1.165) is 42.0 Å². The number of para-hydroxylation sites is 2. The van der Waals surface area contributed by atoms with Crippen LogP contribution < -0.4 is 10.2 Å². The van der Waals surface area contributed by atoms with Crippen LogP contribution >= 0.6 is 15.9 Å². The van der Waals surface area contributed by atoms with Crippen LogP contribution in [0.1, 0.15) is 6.92 Å². The topological polar surface area (TPSA) is 55.8 Å². The predicted octanol–water partition coefficient (Wildman–Crippen LogP) is 3.30. The third kappa shape index (κ3) is 4.32. The Morgan fingerprint density at radius 2 is 1.84 bits per heavy atom. The average Bonchev–Trinajstić information content (AvgIpc) is 2.62. The van der Waals surface area contributed by atoms with Crippen LogP contribution in [0.5, 0.6) is 5.75 Å². The Labute approximate surface area is 156 Å². The molecule has 0 unspecified atom stereocenters. The number of benzene rings is 2. The number of nitrogens with one attached hydrogen (secondary N) is 1. The van der Waals surface area contributed by atoms with Crippen LogP contribution in [0.3, 0.4) is 0 Å². The molecule has 2 aromatic carbocycles. The second-order valence-corrected chi connectivity index (χ2v) is 7.10. The molecule has 1 atom stereocenters. The van der Waals surface area contributed by atoms with Crippen LogP contribution in [0.25, 0.3) is 0 Å². The van der Waals surface area contributed by atoms with E-state index in [4.69, 9.17) is 0 Å². The summed E-state index contributed by atoms with van der Waals surface area (Å²) in [6, 6.07) is 14.8. The summed E-state index contributed by atoms with van der Waals surface area (Å²) in [5, 5.41) is 13.0. The first-order valence-corrected chi connectivity index (χ1v) is 9.17. The minimum atomic E-state index is -0.203. The van der Waals surface area contributed by atoms with Gasteiger partial charge in [-0.25, -0.2) is 0 Å². The molecule has 0 spiro atoms. The molecule has 0 saturated carbocycles. The molecule has 1 aliphatic heterocycles. The smallest absolute Gasteiger partial charge is 0.241 e. The first kappa shape index (κ1) is 17.8. The van der Waals surface area contributed by atoms with Crippen molar-refractivity contribution < 1.29 is 9.90 Å². The molecule has 1 heterocycles. The van der Waals surface area contributed by atoms with Crippen LogP contribution in [-0.4, -0.2) is 48.1 Å². The number of piperazine rings is 1. The summed E-state index contributed by atoms with van der Waals surface area (Å²) in [6.07, 6.45) is 0. The first-order valence-electron chi connectivity index (χ1n) is 8.38. The number of phenolic OH excluding ortho intramolecular Hbond substituents is 1. The molecule has 132 valence electrons. The van der Waals surface area contributed by atoms with E-state index >= 15 is 0 Å². The highest BCUT2D eigenvalue weighted by molar-refractivity contribution is 9.10. The van der Waals surface area contributed by atoms with Gasteiger partial charge in [-0.15, -0.1) is 0 Å². The van der Waals surface area contributed by atoms with Gasteiger partial charge in [0, 0.05) is 36.3 Å². The molecule has 2 aromatic rings. The molecule has 1 saturated heterocycles. The fourth-order valence-corrected chi connectivity index (χ4v) is 3.46. The van der Waals surface area contributed by atoms with E-state index in [1.54, 1.807) is 6.07 Å². The standard InChI is InChI=1S/C19H22BrN3O2/c1-14(19(25)21-16-6-4-5-15(20)13-16)22-9-11-23(12-10-22)17-7-2-3-8-18(17)24/h2-8,13-14,24H,9-12H2,1H3,(H,21,25)/t14-/m0/s1. The van der Waals surface area contributed by atoms with Gasteiger partial charge in [0.1, 0.15) is 5.75 Å². The van der Waals surface area contributed by atoms with Gasteiger partial charge in [-0.3, -0.25) is 9.69 Å². The fourth-order valence-electron chi connectivity index (χ4n) is 3.06. The molecule has 0 radical (unpaired) electrons. The molecular formula is C19H22BrN3O2. The highest BCUT2D eigenvalue weighted by Gasteiger charge is 2.26. The van der Waals surface area contributed by atoms with Crippen LogP contribution in [0.2, 0.25) is 0 Å². The average molecular weight is 404 g/mol. The van der Waals surface area contributed by atoms with Gasteiger partial charge in [-0.1, -0.05) is 34.1 Å². The number of rotatable bonds is 4. The number of nitrogens with zero attached hydrogens (tertiary/aromatic N) is 2. The Balaban J connectivity index is 1.57. The number of aromatic hydroxyl groups is 1. The number of carbonyl (C=O) groups excluding carboxylic acids is 1. The first-order chi connectivity index (χ1) is 12.0. The van der Waals surface area contributed by atoms with Crippen molar-refractivity contribution in [1.29, 1.82) is 0 Å². The van der Waals surface area contributed by atoms with Gasteiger partial charge in [0.25, 0.3) is 0 Å². The van der Waals surface area contributed by atoms with Gasteiger partial charge in [0.2, 0.25) is 5.91 Å². The molecule has 0 bridgehead atoms. The minimum absolute atomic E-state index is 0.00546. The molecule has 3 rings (SSSR count). The van der Waals surface area contributed by atoms with E-state index < -0.39 is 0 Å². The lowest BCUT2D eigenvalue weighted by molar-refractivity contribution is -0.120. The molecule has 0 aromatic heterocycles. The highest BCUT2D eigenvalue weighted by atomic mass is 79.9. The third-order valence-corrected chi connectivity index (χ3v) is 5.05. The fraction of sp³-hybridized carbons (Fsp3) is 0.316. The number of halogens is 1. The van der Waals surface area contributed by atoms with Crippen LogP contribution in [0.15, 0.2) is 53.0 Å². The Kier molecular flexibility index (Phi) is 5.60. The van der Waals surface area contributed by atoms with Crippen molar-refractivity contribution >= 4 is 33.2 Å². The summed E-state index contributed by atoms with van der Waals surface area (Å²) in [5.74, 6) is 0.297. The molecule has 1 aliphatic rings. The SMILES string of the molecule is C[C@@H](C(=O)Nc1cccc(Br)c1)N1CCN(c2ccccc2O)CC1. The van der Waals surface area contributed by atoms with E-state index in [-0.39, 0.29) is 11.9 Å². The summed E-state index contributed by atoms with van der Waals surface area (Å²) < 4.78 is 0.939. The van der Waals surface area contributed by atoms with Crippen LogP contribution in [0, 0.1) is 0 Å². The lowest BCUT2D eigenvalue weighted by atomic mass is 10.2. The highest BCUT2D eigenvalue weighted by Crippen LogP contribution is 2.27. The van der Waals surface area contributed by atoms with Gasteiger partial charge in [0.05, 0.1) is 11.7 Å². The van der Waals surface area contributed by atoms with Crippen molar-refractivity contribution in [3.63, 3.8) is 0 Å². The second-order valence-electron chi connectivity index (χ2n) is 6.19. The predicted molar refractivity (Wildman–Crippen MR) is 104 cm³/mol. The maximum Gasteiger partial charge on any atom is 0.241 e. The lowest BCUT2D eigenvalue weighted by Crippen LogP contribution is -2.52. The van der Waals surface area contributed by atoms with E-state index in [1.807, 2.05) is 49.4 Å². The maximum absolute atomic E-state index is 12.5. The Bertz CT molecular complexity index is 745. The molecule has 25 heavy (non-hydrogen) atoms.